The molecule has 0 aliphatic carbocycles. The van der Waals surface area contributed by atoms with E-state index in [1.807, 2.05) is 42.5 Å². The summed E-state index contributed by atoms with van der Waals surface area (Å²) in [6.07, 6.45) is 0.721. The summed E-state index contributed by atoms with van der Waals surface area (Å²) >= 11 is 1.52. The Bertz CT molecular complexity index is 1050. The molecule has 0 radical (unpaired) electrons. The van der Waals surface area contributed by atoms with Gasteiger partial charge in [-0.15, -0.1) is 10.2 Å². The first-order chi connectivity index (χ1) is 13.2. The molecule has 2 heterocycles. The Kier molecular flexibility index (Phi) is 4.64. The molecule has 0 fully saturated rings. The highest BCUT2D eigenvalue weighted by molar-refractivity contribution is 7.16. The molecule has 138 valence electrons. The number of benzene rings is 2. The Hall–Kier alpha value is -3.13. The fraction of sp³-hybridized carbons (Fsp3) is 0.211. The molecule has 0 aliphatic rings. The topological polar surface area (TPSA) is 70.8 Å². The van der Waals surface area contributed by atoms with Crippen LogP contribution in [0.25, 0.3) is 16.3 Å². The van der Waals surface area contributed by atoms with Crippen molar-refractivity contribution < 1.29 is 14.2 Å². The SMILES string of the molecule is COc1ccc(Cc2nn3c(-c4cc(OC)cc(OC)c4)nnc3s2)cc1. The van der Waals surface area contributed by atoms with Gasteiger partial charge in [-0.2, -0.15) is 9.61 Å². The lowest BCUT2D eigenvalue weighted by atomic mass is 10.1. The van der Waals surface area contributed by atoms with Crippen molar-refractivity contribution >= 4 is 16.3 Å². The van der Waals surface area contributed by atoms with Crippen molar-refractivity contribution in [2.45, 2.75) is 6.42 Å². The van der Waals surface area contributed by atoms with E-state index in [-0.39, 0.29) is 0 Å². The number of nitrogens with zero attached hydrogens (tertiary/aromatic N) is 4. The van der Waals surface area contributed by atoms with E-state index in [0.29, 0.717) is 17.3 Å². The summed E-state index contributed by atoms with van der Waals surface area (Å²) in [5, 5.41) is 14.2. The Balaban J connectivity index is 1.68. The van der Waals surface area contributed by atoms with E-state index in [9.17, 15) is 0 Å². The van der Waals surface area contributed by atoms with Gasteiger partial charge in [0, 0.05) is 18.1 Å². The molecular formula is C19H18N4O3S. The van der Waals surface area contributed by atoms with Crippen LogP contribution in [-0.4, -0.2) is 41.1 Å². The molecular weight excluding hydrogens is 364 g/mol. The van der Waals surface area contributed by atoms with Crippen LogP contribution in [0.4, 0.5) is 0 Å². The number of hydrogen-bond acceptors (Lipinski definition) is 7. The number of hydrogen-bond donors (Lipinski definition) is 0. The minimum atomic E-state index is 0.652. The average molecular weight is 382 g/mol. The molecule has 8 heteroatoms. The van der Waals surface area contributed by atoms with Crippen LogP contribution in [0.1, 0.15) is 10.6 Å². The van der Waals surface area contributed by atoms with E-state index >= 15 is 0 Å². The Labute approximate surface area is 160 Å². The van der Waals surface area contributed by atoms with Crippen LogP contribution < -0.4 is 14.2 Å². The Morgan fingerprint density at radius 1 is 0.852 bits per heavy atom. The molecule has 0 aliphatic heterocycles. The minimum Gasteiger partial charge on any atom is -0.497 e. The second-order valence-electron chi connectivity index (χ2n) is 5.84. The molecule has 4 aromatic rings. The van der Waals surface area contributed by atoms with E-state index < -0.39 is 0 Å². The molecule has 27 heavy (non-hydrogen) atoms. The molecule has 0 N–H and O–H groups in total. The molecule has 0 atom stereocenters. The van der Waals surface area contributed by atoms with Gasteiger partial charge in [-0.25, -0.2) is 0 Å². The van der Waals surface area contributed by atoms with Gasteiger partial charge >= 0.3 is 0 Å². The summed E-state index contributed by atoms with van der Waals surface area (Å²) in [6, 6.07) is 13.6. The van der Waals surface area contributed by atoms with Gasteiger partial charge in [0.25, 0.3) is 0 Å². The number of aromatic nitrogens is 4. The van der Waals surface area contributed by atoms with Crippen molar-refractivity contribution in [3.63, 3.8) is 0 Å². The van der Waals surface area contributed by atoms with Gasteiger partial charge in [0.1, 0.15) is 22.3 Å². The van der Waals surface area contributed by atoms with Crippen LogP contribution in [0, 0.1) is 0 Å². The third kappa shape index (κ3) is 3.43. The zero-order valence-corrected chi connectivity index (χ0v) is 16.0. The summed E-state index contributed by atoms with van der Waals surface area (Å²) in [7, 11) is 4.90. The zero-order valence-electron chi connectivity index (χ0n) is 15.2. The first-order valence-electron chi connectivity index (χ1n) is 8.27. The van der Waals surface area contributed by atoms with E-state index in [1.54, 1.807) is 25.8 Å². The molecule has 2 aromatic carbocycles. The van der Waals surface area contributed by atoms with Crippen LogP contribution in [0.2, 0.25) is 0 Å². The van der Waals surface area contributed by atoms with Crippen molar-refractivity contribution in [3.05, 3.63) is 53.0 Å². The fourth-order valence-corrected chi connectivity index (χ4v) is 3.63. The van der Waals surface area contributed by atoms with Crippen molar-refractivity contribution in [2.75, 3.05) is 21.3 Å². The van der Waals surface area contributed by atoms with Crippen LogP contribution >= 0.6 is 11.3 Å². The van der Waals surface area contributed by atoms with Crippen molar-refractivity contribution in [2.24, 2.45) is 0 Å². The van der Waals surface area contributed by atoms with Gasteiger partial charge in [-0.1, -0.05) is 23.5 Å². The normalized spacial score (nSPS) is 10.9. The summed E-state index contributed by atoms with van der Waals surface area (Å²) in [5.74, 6) is 2.87. The highest BCUT2D eigenvalue weighted by atomic mass is 32.1. The molecule has 0 amide bonds. The van der Waals surface area contributed by atoms with E-state index in [1.165, 1.54) is 11.3 Å². The monoisotopic (exact) mass is 382 g/mol. The lowest BCUT2D eigenvalue weighted by Crippen LogP contribution is -1.95. The number of rotatable bonds is 6. The lowest BCUT2D eigenvalue weighted by Gasteiger charge is -2.06. The fourth-order valence-electron chi connectivity index (χ4n) is 2.76. The van der Waals surface area contributed by atoms with Crippen LogP contribution in [-0.2, 0) is 6.42 Å². The van der Waals surface area contributed by atoms with Gasteiger partial charge < -0.3 is 14.2 Å². The first-order valence-corrected chi connectivity index (χ1v) is 9.09. The predicted octanol–water partition coefficient (Wildman–Crippen LogP) is 3.47. The van der Waals surface area contributed by atoms with Crippen molar-refractivity contribution in [1.82, 2.24) is 19.8 Å². The van der Waals surface area contributed by atoms with Crippen molar-refractivity contribution in [1.29, 1.82) is 0 Å². The molecule has 0 spiro atoms. The quantitative estimate of drug-likeness (QED) is 0.509. The molecule has 0 saturated heterocycles. The number of methoxy groups -OCH3 is 3. The number of fused-ring (bicyclic) bond motifs is 1. The summed E-state index contributed by atoms with van der Waals surface area (Å²) in [5.41, 5.74) is 1.99. The second kappa shape index (κ2) is 7.24. The Morgan fingerprint density at radius 2 is 1.52 bits per heavy atom. The van der Waals surface area contributed by atoms with E-state index in [4.69, 9.17) is 19.3 Å². The third-order valence-corrected chi connectivity index (χ3v) is 5.06. The predicted molar refractivity (Wildman–Crippen MR) is 103 cm³/mol. The standard InChI is InChI=1S/C19H18N4O3S/c1-24-14-6-4-12(5-7-14)8-17-22-23-18(20-21-19(23)27-17)13-9-15(25-2)11-16(10-13)26-3/h4-7,9-11H,8H2,1-3H3. The minimum absolute atomic E-state index is 0.652. The summed E-state index contributed by atoms with van der Waals surface area (Å²) in [6.45, 7) is 0. The molecule has 4 rings (SSSR count). The van der Waals surface area contributed by atoms with E-state index in [0.717, 1.165) is 33.3 Å². The smallest absolute Gasteiger partial charge is 0.234 e. The van der Waals surface area contributed by atoms with Gasteiger partial charge in [-0.05, 0) is 29.8 Å². The maximum Gasteiger partial charge on any atom is 0.234 e. The highest BCUT2D eigenvalue weighted by Gasteiger charge is 2.15. The molecule has 0 unspecified atom stereocenters. The molecule has 0 bridgehead atoms. The van der Waals surface area contributed by atoms with Crippen LogP contribution in [0.3, 0.4) is 0 Å². The van der Waals surface area contributed by atoms with Gasteiger partial charge in [0.05, 0.1) is 21.3 Å². The highest BCUT2D eigenvalue weighted by Crippen LogP contribution is 2.30. The van der Waals surface area contributed by atoms with Gasteiger partial charge in [-0.3, -0.25) is 0 Å². The van der Waals surface area contributed by atoms with Crippen LogP contribution in [0.5, 0.6) is 17.2 Å². The van der Waals surface area contributed by atoms with Gasteiger partial charge in [0.15, 0.2) is 5.82 Å². The maximum atomic E-state index is 5.35. The van der Waals surface area contributed by atoms with Crippen molar-refractivity contribution in [3.8, 4) is 28.6 Å². The third-order valence-electron chi connectivity index (χ3n) is 4.16. The number of ether oxygens (including phenoxy) is 3. The van der Waals surface area contributed by atoms with Gasteiger partial charge in [0.2, 0.25) is 4.96 Å². The second-order valence-corrected chi connectivity index (χ2v) is 6.88. The zero-order chi connectivity index (χ0) is 18.8. The summed E-state index contributed by atoms with van der Waals surface area (Å²) in [4.78, 5) is 0.746. The maximum absolute atomic E-state index is 5.35. The first kappa shape index (κ1) is 17.3. The molecule has 7 nitrogen and oxygen atoms in total. The molecule has 2 aromatic heterocycles. The lowest BCUT2D eigenvalue weighted by molar-refractivity contribution is 0.394. The largest absolute Gasteiger partial charge is 0.497 e. The summed E-state index contributed by atoms with van der Waals surface area (Å²) < 4.78 is 17.7. The average Bonchev–Trinajstić information content (AvgIpc) is 3.28. The Morgan fingerprint density at radius 3 is 2.15 bits per heavy atom. The van der Waals surface area contributed by atoms with E-state index in [2.05, 4.69) is 10.2 Å². The van der Waals surface area contributed by atoms with Crippen LogP contribution in [0.15, 0.2) is 42.5 Å². The molecule has 0 saturated carbocycles.